The normalized spacial score (nSPS) is 22.6. The van der Waals surface area contributed by atoms with Gasteiger partial charge < -0.3 is 4.74 Å². The lowest BCUT2D eigenvalue weighted by atomic mass is 10.0. The van der Waals surface area contributed by atoms with Crippen LogP contribution in [-0.2, 0) is 0 Å². The molecule has 1 fully saturated rings. The van der Waals surface area contributed by atoms with Gasteiger partial charge in [0.05, 0.1) is 7.11 Å². The highest BCUT2D eigenvalue weighted by Gasteiger charge is 2.67. The number of halogens is 2. The summed E-state index contributed by atoms with van der Waals surface area (Å²) in [6.07, 6.45) is 0. The topological polar surface area (TPSA) is 9.23 Å². The Morgan fingerprint density at radius 2 is 1.78 bits per heavy atom. The van der Waals surface area contributed by atoms with Crippen LogP contribution in [0.4, 0.5) is 4.39 Å². The number of hydrogen-bond donors (Lipinski definition) is 0. The first-order valence-corrected chi connectivity index (χ1v) is 7.12. The van der Waals surface area contributed by atoms with Crippen LogP contribution in [-0.4, -0.2) is 7.11 Å². The molecule has 1 nitrogen and oxygen atoms in total. The highest BCUT2D eigenvalue weighted by Crippen LogP contribution is 2.74. The standard InChI is InChI=1S/C15H20BrFO/c1-14(2)13(15(14,3)4)12(16)10-7-6-9(18-5)8-11(10)17/h6-8,12-13H,1-5H3. The van der Waals surface area contributed by atoms with Crippen LogP contribution >= 0.6 is 15.9 Å². The van der Waals surface area contributed by atoms with Gasteiger partial charge in [-0.2, -0.15) is 0 Å². The fourth-order valence-electron chi connectivity index (χ4n) is 3.02. The average molecular weight is 315 g/mol. The molecule has 2 rings (SSSR count). The Hall–Kier alpha value is -0.570. The zero-order valence-corrected chi connectivity index (χ0v) is 13.1. The molecular weight excluding hydrogens is 295 g/mol. The maximum atomic E-state index is 14.1. The van der Waals surface area contributed by atoms with E-state index in [1.165, 1.54) is 6.07 Å². The number of alkyl halides is 1. The summed E-state index contributed by atoms with van der Waals surface area (Å²) in [5, 5.41) is 0. The molecule has 1 aliphatic carbocycles. The van der Waals surface area contributed by atoms with Crippen molar-refractivity contribution in [2.75, 3.05) is 7.11 Å². The Labute approximate surface area is 117 Å². The van der Waals surface area contributed by atoms with Crippen LogP contribution in [0.5, 0.6) is 5.75 Å². The fraction of sp³-hybridized carbons (Fsp3) is 0.600. The van der Waals surface area contributed by atoms with Crippen LogP contribution in [0.3, 0.4) is 0 Å². The molecule has 3 heteroatoms. The summed E-state index contributed by atoms with van der Waals surface area (Å²) in [5.74, 6) is 0.799. The van der Waals surface area contributed by atoms with Gasteiger partial charge in [0.15, 0.2) is 0 Å². The Morgan fingerprint density at radius 3 is 2.17 bits per heavy atom. The SMILES string of the molecule is COc1ccc(C(Br)C2C(C)(C)C2(C)C)c(F)c1. The van der Waals surface area contributed by atoms with Crippen molar-refractivity contribution in [2.45, 2.75) is 32.5 Å². The summed E-state index contributed by atoms with van der Waals surface area (Å²) >= 11 is 3.68. The maximum absolute atomic E-state index is 14.1. The number of benzene rings is 1. The quantitative estimate of drug-likeness (QED) is 0.717. The molecule has 0 saturated heterocycles. The average Bonchev–Trinajstić information content (AvgIpc) is 2.68. The highest BCUT2D eigenvalue weighted by molar-refractivity contribution is 9.09. The molecule has 18 heavy (non-hydrogen) atoms. The van der Waals surface area contributed by atoms with E-state index in [0.29, 0.717) is 11.7 Å². The van der Waals surface area contributed by atoms with Gasteiger partial charge in [-0.25, -0.2) is 4.39 Å². The molecule has 1 unspecified atom stereocenters. The molecular formula is C15H20BrFO. The predicted molar refractivity (Wildman–Crippen MR) is 75.7 cm³/mol. The van der Waals surface area contributed by atoms with E-state index < -0.39 is 0 Å². The zero-order chi connectivity index (χ0) is 13.7. The molecule has 1 aromatic carbocycles. The Kier molecular flexibility index (Phi) is 3.25. The van der Waals surface area contributed by atoms with E-state index >= 15 is 0 Å². The summed E-state index contributed by atoms with van der Waals surface area (Å²) in [7, 11) is 1.55. The van der Waals surface area contributed by atoms with E-state index in [1.54, 1.807) is 7.11 Å². The number of ether oxygens (including phenoxy) is 1. The monoisotopic (exact) mass is 314 g/mol. The van der Waals surface area contributed by atoms with Crippen LogP contribution in [0.15, 0.2) is 18.2 Å². The predicted octanol–water partition coefficient (Wildman–Crippen LogP) is 4.95. The van der Waals surface area contributed by atoms with E-state index in [2.05, 4.69) is 43.6 Å². The van der Waals surface area contributed by atoms with Gasteiger partial charge in [-0.1, -0.05) is 49.7 Å². The van der Waals surface area contributed by atoms with Crippen LogP contribution in [0.25, 0.3) is 0 Å². The molecule has 1 aliphatic rings. The second-order valence-electron chi connectivity index (χ2n) is 6.21. The number of hydrogen-bond acceptors (Lipinski definition) is 1. The second kappa shape index (κ2) is 4.22. The van der Waals surface area contributed by atoms with Gasteiger partial charge in [-0.3, -0.25) is 0 Å². The molecule has 1 aromatic rings. The minimum absolute atomic E-state index is 0.0495. The molecule has 0 N–H and O–H groups in total. The zero-order valence-electron chi connectivity index (χ0n) is 11.6. The minimum Gasteiger partial charge on any atom is -0.497 e. The van der Waals surface area contributed by atoms with Crippen molar-refractivity contribution in [3.63, 3.8) is 0 Å². The van der Waals surface area contributed by atoms with E-state index in [4.69, 9.17) is 4.74 Å². The molecule has 0 heterocycles. The Balaban J connectivity index is 2.29. The molecule has 0 spiro atoms. The third-order valence-electron chi connectivity index (χ3n) is 4.93. The maximum Gasteiger partial charge on any atom is 0.131 e. The van der Waals surface area contributed by atoms with Gasteiger partial charge in [-0.05, 0) is 22.8 Å². The van der Waals surface area contributed by atoms with Crippen molar-refractivity contribution in [3.8, 4) is 5.75 Å². The third-order valence-corrected chi connectivity index (χ3v) is 5.95. The van der Waals surface area contributed by atoms with E-state index in [9.17, 15) is 4.39 Å². The Bertz CT molecular complexity index is 454. The van der Waals surface area contributed by atoms with Crippen molar-refractivity contribution in [1.29, 1.82) is 0 Å². The van der Waals surface area contributed by atoms with E-state index in [1.807, 2.05) is 12.1 Å². The van der Waals surface area contributed by atoms with Gasteiger partial charge >= 0.3 is 0 Å². The van der Waals surface area contributed by atoms with Gasteiger partial charge in [0, 0.05) is 16.5 Å². The summed E-state index contributed by atoms with van der Waals surface area (Å²) in [4.78, 5) is 0.0495. The van der Waals surface area contributed by atoms with Gasteiger partial charge in [0.25, 0.3) is 0 Å². The highest BCUT2D eigenvalue weighted by atomic mass is 79.9. The number of rotatable bonds is 3. The molecule has 100 valence electrons. The van der Waals surface area contributed by atoms with Crippen LogP contribution in [0.2, 0.25) is 0 Å². The van der Waals surface area contributed by atoms with Crippen molar-refractivity contribution in [1.82, 2.24) is 0 Å². The number of methoxy groups -OCH3 is 1. The summed E-state index contributed by atoms with van der Waals surface area (Å²) in [6, 6.07) is 5.08. The molecule has 0 bridgehead atoms. The first-order chi connectivity index (χ1) is 8.23. The molecule has 0 aliphatic heterocycles. The van der Waals surface area contributed by atoms with Gasteiger partial charge in [0.2, 0.25) is 0 Å². The molecule has 0 radical (unpaired) electrons. The lowest BCUT2D eigenvalue weighted by Gasteiger charge is -2.14. The third kappa shape index (κ3) is 1.87. The summed E-state index contributed by atoms with van der Waals surface area (Å²) in [6.45, 7) is 8.97. The molecule has 1 atom stereocenters. The van der Waals surface area contributed by atoms with E-state index in [-0.39, 0.29) is 21.5 Å². The van der Waals surface area contributed by atoms with Gasteiger partial charge in [-0.15, -0.1) is 0 Å². The van der Waals surface area contributed by atoms with E-state index in [0.717, 1.165) is 5.56 Å². The summed E-state index contributed by atoms with van der Waals surface area (Å²) in [5.41, 5.74) is 1.18. The first kappa shape index (κ1) is 13.9. The largest absolute Gasteiger partial charge is 0.497 e. The van der Waals surface area contributed by atoms with Crippen molar-refractivity contribution in [2.24, 2.45) is 16.7 Å². The van der Waals surface area contributed by atoms with Crippen molar-refractivity contribution in [3.05, 3.63) is 29.6 Å². The molecule has 0 amide bonds. The smallest absolute Gasteiger partial charge is 0.131 e. The van der Waals surface area contributed by atoms with Crippen LogP contribution < -0.4 is 4.74 Å². The van der Waals surface area contributed by atoms with Crippen molar-refractivity contribution >= 4 is 15.9 Å². The van der Waals surface area contributed by atoms with Crippen molar-refractivity contribution < 1.29 is 9.13 Å². The van der Waals surface area contributed by atoms with Crippen LogP contribution in [0, 0.1) is 22.6 Å². The summed E-state index contributed by atoms with van der Waals surface area (Å²) < 4.78 is 19.1. The second-order valence-corrected chi connectivity index (χ2v) is 7.20. The molecule has 0 aromatic heterocycles. The van der Waals surface area contributed by atoms with Crippen LogP contribution in [0.1, 0.15) is 38.1 Å². The lowest BCUT2D eigenvalue weighted by molar-refractivity contribution is 0.410. The fourth-order valence-corrected chi connectivity index (χ4v) is 4.71. The minimum atomic E-state index is -0.199. The Morgan fingerprint density at radius 1 is 1.22 bits per heavy atom. The first-order valence-electron chi connectivity index (χ1n) is 6.21. The molecule has 1 saturated carbocycles. The lowest BCUT2D eigenvalue weighted by Crippen LogP contribution is -2.02. The van der Waals surface area contributed by atoms with Gasteiger partial charge in [0.1, 0.15) is 11.6 Å².